The van der Waals surface area contributed by atoms with Gasteiger partial charge in [0.1, 0.15) is 16.7 Å². The highest BCUT2D eigenvalue weighted by atomic mass is 16.3. The molecule has 12 rings (SSSR count). The Morgan fingerprint density at radius 1 is 0.455 bits per heavy atom. The lowest BCUT2D eigenvalue weighted by Gasteiger charge is -2.14. The molecule has 0 saturated carbocycles. The highest BCUT2D eigenvalue weighted by Crippen LogP contribution is 2.43. The quantitative estimate of drug-likeness (QED) is 0.184. The number of hydrogen-bond acceptors (Lipinski definition) is 3. The third-order valence-electron chi connectivity index (χ3n) is 11.3. The molecule has 0 aliphatic rings. The number of hydrogen-bond donors (Lipinski definition) is 0. The third kappa shape index (κ3) is 4.16. The fourth-order valence-corrected chi connectivity index (χ4v) is 8.99. The molecule has 0 fully saturated rings. The molecule has 0 saturated heterocycles. The Labute approximate surface area is 314 Å². The third-order valence-corrected chi connectivity index (χ3v) is 11.3. The fraction of sp³-hybridized carbons (Fsp3) is 0.0200. The van der Waals surface area contributed by atoms with Crippen LogP contribution in [0, 0.1) is 18.3 Å². The van der Waals surface area contributed by atoms with Crippen molar-refractivity contribution in [3.8, 4) is 28.6 Å². The SMILES string of the molecule is Cc1ccc2c(c1)c1ccc3c4ccccc4oc3c1n2-c1cc(C#N)cc(-c2cccc(-n3c4ccccc4c4ccc5oc6ccccc6c5c43)c2)c1. The van der Waals surface area contributed by atoms with Crippen LogP contribution in [0.25, 0.3) is 110 Å². The number of benzene rings is 8. The van der Waals surface area contributed by atoms with E-state index in [0.29, 0.717) is 5.56 Å². The molecule has 256 valence electrons. The topological polar surface area (TPSA) is 59.9 Å². The lowest BCUT2D eigenvalue weighted by molar-refractivity contribution is 0.669. The first kappa shape index (κ1) is 30.0. The van der Waals surface area contributed by atoms with Gasteiger partial charge in [0.15, 0.2) is 5.58 Å². The summed E-state index contributed by atoms with van der Waals surface area (Å²) in [5.74, 6) is 0. The summed E-state index contributed by atoms with van der Waals surface area (Å²) in [7, 11) is 0. The van der Waals surface area contributed by atoms with Crippen molar-refractivity contribution in [3.05, 3.63) is 169 Å². The van der Waals surface area contributed by atoms with Crippen molar-refractivity contribution in [2.45, 2.75) is 6.92 Å². The summed E-state index contributed by atoms with van der Waals surface area (Å²) in [4.78, 5) is 0. The molecule has 0 unspecified atom stereocenters. The lowest BCUT2D eigenvalue weighted by atomic mass is 10.0. The molecule has 0 amide bonds. The van der Waals surface area contributed by atoms with Crippen molar-refractivity contribution in [1.29, 1.82) is 5.26 Å². The van der Waals surface area contributed by atoms with Gasteiger partial charge in [-0.25, -0.2) is 0 Å². The van der Waals surface area contributed by atoms with E-state index in [2.05, 4.69) is 143 Å². The van der Waals surface area contributed by atoms with Crippen molar-refractivity contribution in [2.75, 3.05) is 0 Å². The maximum atomic E-state index is 10.5. The number of nitrogens with zero attached hydrogens (tertiary/aromatic N) is 3. The number of nitriles is 1. The van der Waals surface area contributed by atoms with Gasteiger partial charge in [0.05, 0.1) is 39.1 Å². The molecule has 4 heterocycles. The summed E-state index contributed by atoms with van der Waals surface area (Å²) in [6.07, 6.45) is 0. The molecule has 5 heteroatoms. The molecule has 0 aliphatic heterocycles. The second-order valence-electron chi connectivity index (χ2n) is 14.5. The standard InChI is InChI=1S/C50H29N3O2/c1-29-17-21-43-41(23-29)38-18-19-39-36-12-3-6-15-44(36)55-50(39)49(38)53(43)34-25-30(28-51)24-32(27-34)31-9-8-10-33(26-31)52-42-14-5-2-11-35(42)37-20-22-46-47(48(37)52)40-13-4-7-16-45(40)54-46/h2-27H,1H3. The average Bonchev–Trinajstić information content (AvgIpc) is 3.98. The van der Waals surface area contributed by atoms with Crippen LogP contribution in [0.2, 0.25) is 0 Å². The zero-order chi connectivity index (χ0) is 36.4. The van der Waals surface area contributed by atoms with E-state index in [9.17, 15) is 5.26 Å². The van der Waals surface area contributed by atoms with Crippen LogP contribution in [-0.4, -0.2) is 9.13 Å². The van der Waals surface area contributed by atoms with Crippen molar-refractivity contribution in [3.63, 3.8) is 0 Å². The number of para-hydroxylation sites is 3. The summed E-state index contributed by atoms with van der Waals surface area (Å²) in [5.41, 5.74) is 13.4. The highest BCUT2D eigenvalue weighted by Gasteiger charge is 2.22. The maximum Gasteiger partial charge on any atom is 0.160 e. The summed E-state index contributed by atoms with van der Waals surface area (Å²) in [6.45, 7) is 2.13. The van der Waals surface area contributed by atoms with E-state index in [1.807, 2.05) is 36.4 Å². The zero-order valence-corrected chi connectivity index (χ0v) is 29.7. The first-order chi connectivity index (χ1) is 27.1. The molecule has 5 nitrogen and oxygen atoms in total. The van der Waals surface area contributed by atoms with Gasteiger partial charge in [0.2, 0.25) is 0 Å². The zero-order valence-electron chi connectivity index (χ0n) is 29.7. The first-order valence-electron chi connectivity index (χ1n) is 18.5. The molecule has 0 N–H and O–H groups in total. The molecule has 8 aromatic carbocycles. The Morgan fingerprint density at radius 3 is 2.02 bits per heavy atom. The van der Waals surface area contributed by atoms with Crippen LogP contribution < -0.4 is 0 Å². The Hall–Kier alpha value is -7.55. The van der Waals surface area contributed by atoms with Crippen LogP contribution in [0.4, 0.5) is 0 Å². The van der Waals surface area contributed by atoms with Gasteiger partial charge in [-0.15, -0.1) is 0 Å². The largest absolute Gasteiger partial charge is 0.456 e. The summed E-state index contributed by atoms with van der Waals surface area (Å²) in [5, 5.41) is 19.4. The molecule has 55 heavy (non-hydrogen) atoms. The Bertz CT molecular complexity index is 3640. The van der Waals surface area contributed by atoms with Crippen molar-refractivity contribution in [1.82, 2.24) is 9.13 Å². The first-order valence-corrected chi connectivity index (χ1v) is 18.5. The summed E-state index contributed by atoms with van der Waals surface area (Å²) >= 11 is 0. The van der Waals surface area contributed by atoms with Crippen LogP contribution >= 0.6 is 0 Å². The normalized spacial score (nSPS) is 12.1. The monoisotopic (exact) mass is 703 g/mol. The Morgan fingerprint density at radius 2 is 1.15 bits per heavy atom. The van der Waals surface area contributed by atoms with Crippen molar-refractivity contribution < 1.29 is 8.83 Å². The van der Waals surface area contributed by atoms with Gasteiger partial charge >= 0.3 is 0 Å². The smallest absolute Gasteiger partial charge is 0.160 e. The summed E-state index contributed by atoms with van der Waals surface area (Å²) < 4.78 is 17.7. The van der Waals surface area contributed by atoms with Crippen molar-refractivity contribution >= 4 is 87.5 Å². The van der Waals surface area contributed by atoms with E-state index in [-0.39, 0.29) is 0 Å². The van der Waals surface area contributed by atoms with Crippen LogP contribution in [0.1, 0.15) is 11.1 Å². The van der Waals surface area contributed by atoms with E-state index in [0.717, 1.165) is 99.2 Å². The summed E-state index contributed by atoms with van der Waals surface area (Å²) in [6, 6.07) is 57.6. The van der Waals surface area contributed by atoms with Gasteiger partial charge < -0.3 is 18.0 Å². The van der Waals surface area contributed by atoms with Gasteiger partial charge in [-0.3, -0.25) is 0 Å². The predicted molar refractivity (Wildman–Crippen MR) is 225 cm³/mol. The molecule has 12 aromatic rings. The van der Waals surface area contributed by atoms with Crippen LogP contribution in [0.5, 0.6) is 0 Å². The Kier molecular flexibility index (Phi) is 5.99. The second kappa shape index (κ2) is 11.0. The van der Waals surface area contributed by atoms with Crippen molar-refractivity contribution in [2.24, 2.45) is 0 Å². The molecule has 4 aromatic heterocycles. The fourth-order valence-electron chi connectivity index (χ4n) is 8.99. The lowest BCUT2D eigenvalue weighted by Crippen LogP contribution is -1.97. The molecule has 0 bridgehead atoms. The number of aryl methyl sites for hydroxylation is 1. The minimum absolute atomic E-state index is 0.584. The predicted octanol–water partition coefficient (Wildman–Crippen LogP) is 13.5. The number of rotatable bonds is 3. The van der Waals surface area contributed by atoms with Crippen LogP contribution in [0.15, 0.2) is 167 Å². The van der Waals surface area contributed by atoms with Gasteiger partial charge in [-0.1, -0.05) is 84.4 Å². The molecule has 0 atom stereocenters. The second-order valence-corrected chi connectivity index (χ2v) is 14.5. The van der Waals surface area contributed by atoms with Gasteiger partial charge in [0.25, 0.3) is 0 Å². The minimum Gasteiger partial charge on any atom is -0.456 e. The number of aromatic nitrogens is 2. The van der Waals surface area contributed by atoms with E-state index >= 15 is 0 Å². The number of fused-ring (bicyclic) bond motifs is 14. The van der Waals surface area contributed by atoms with Gasteiger partial charge in [-0.05, 0) is 96.9 Å². The minimum atomic E-state index is 0.584. The van der Waals surface area contributed by atoms with E-state index in [1.165, 1.54) is 16.3 Å². The highest BCUT2D eigenvalue weighted by molar-refractivity contribution is 6.25. The molecule has 0 radical (unpaired) electrons. The number of furan rings is 2. The molecular formula is C50H29N3O2. The Balaban J connectivity index is 1.12. The van der Waals surface area contributed by atoms with E-state index in [4.69, 9.17) is 8.83 Å². The van der Waals surface area contributed by atoms with E-state index < -0.39 is 0 Å². The van der Waals surface area contributed by atoms with Crippen LogP contribution in [-0.2, 0) is 0 Å². The average molecular weight is 704 g/mol. The molecule has 0 spiro atoms. The molecule has 0 aliphatic carbocycles. The maximum absolute atomic E-state index is 10.5. The van der Waals surface area contributed by atoms with E-state index in [1.54, 1.807) is 0 Å². The van der Waals surface area contributed by atoms with Crippen LogP contribution in [0.3, 0.4) is 0 Å². The van der Waals surface area contributed by atoms with Gasteiger partial charge in [-0.2, -0.15) is 5.26 Å². The molecular weight excluding hydrogens is 675 g/mol. The van der Waals surface area contributed by atoms with Gasteiger partial charge in [0, 0.05) is 49.1 Å².